The lowest BCUT2D eigenvalue weighted by molar-refractivity contribution is 0.0514. The third kappa shape index (κ3) is 3.82. The van der Waals surface area contributed by atoms with Crippen molar-refractivity contribution in [2.75, 3.05) is 19.8 Å². The summed E-state index contributed by atoms with van der Waals surface area (Å²) in [5.41, 5.74) is 0.667. The molecule has 4 heteroatoms. The minimum absolute atomic E-state index is 0.0240. The van der Waals surface area contributed by atoms with Crippen molar-refractivity contribution < 1.29 is 9.53 Å². The van der Waals surface area contributed by atoms with E-state index in [0.29, 0.717) is 11.5 Å². The summed E-state index contributed by atoms with van der Waals surface area (Å²) >= 11 is 0. The SMILES string of the molecule is O=C(NCCC1CCCOC1)c1ccncc1. The average Bonchev–Trinajstić information content (AvgIpc) is 2.41. The Morgan fingerprint density at radius 3 is 3.00 bits per heavy atom. The lowest BCUT2D eigenvalue weighted by Gasteiger charge is -2.21. The molecule has 0 aliphatic carbocycles. The number of nitrogens with one attached hydrogen (secondary N) is 1. The van der Waals surface area contributed by atoms with Crippen LogP contribution in [0.5, 0.6) is 0 Å². The van der Waals surface area contributed by atoms with Gasteiger partial charge in [-0.05, 0) is 37.3 Å². The van der Waals surface area contributed by atoms with Crippen LogP contribution in [0.1, 0.15) is 29.6 Å². The first-order chi connectivity index (χ1) is 8.36. The van der Waals surface area contributed by atoms with Crippen LogP contribution in [0.25, 0.3) is 0 Å². The third-order valence-electron chi connectivity index (χ3n) is 3.04. The highest BCUT2D eigenvalue weighted by atomic mass is 16.5. The van der Waals surface area contributed by atoms with E-state index in [1.54, 1.807) is 24.5 Å². The van der Waals surface area contributed by atoms with Gasteiger partial charge in [0, 0.05) is 37.7 Å². The molecule has 1 N–H and O–H groups in total. The summed E-state index contributed by atoms with van der Waals surface area (Å²) in [6.45, 7) is 2.44. The van der Waals surface area contributed by atoms with Crippen LogP contribution in [0.2, 0.25) is 0 Å². The summed E-state index contributed by atoms with van der Waals surface area (Å²) in [5.74, 6) is 0.575. The molecule has 1 saturated heterocycles. The van der Waals surface area contributed by atoms with Crippen LogP contribution in [0, 0.1) is 5.92 Å². The second kappa shape index (κ2) is 6.35. The fourth-order valence-electron chi connectivity index (χ4n) is 2.03. The molecule has 1 aliphatic heterocycles. The molecule has 2 rings (SSSR count). The fraction of sp³-hybridized carbons (Fsp3) is 0.538. The molecule has 2 heterocycles. The molecule has 1 amide bonds. The predicted octanol–water partition coefficient (Wildman–Crippen LogP) is 1.63. The van der Waals surface area contributed by atoms with E-state index in [1.165, 1.54) is 6.42 Å². The Hall–Kier alpha value is -1.42. The highest BCUT2D eigenvalue weighted by Crippen LogP contribution is 2.16. The van der Waals surface area contributed by atoms with Gasteiger partial charge in [-0.25, -0.2) is 0 Å². The molecule has 0 aromatic carbocycles. The Balaban J connectivity index is 1.69. The maximum atomic E-state index is 11.7. The zero-order valence-corrected chi connectivity index (χ0v) is 9.89. The summed E-state index contributed by atoms with van der Waals surface area (Å²) in [6.07, 6.45) is 6.61. The molecule has 0 radical (unpaired) electrons. The van der Waals surface area contributed by atoms with Gasteiger partial charge < -0.3 is 10.1 Å². The van der Waals surface area contributed by atoms with Gasteiger partial charge in [0.2, 0.25) is 0 Å². The second-order valence-corrected chi connectivity index (χ2v) is 4.36. The normalized spacial score (nSPS) is 19.9. The van der Waals surface area contributed by atoms with Gasteiger partial charge in [0.05, 0.1) is 0 Å². The number of carbonyl (C=O) groups is 1. The van der Waals surface area contributed by atoms with Crippen molar-refractivity contribution in [3.05, 3.63) is 30.1 Å². The quantitative estimate of drug-likeness (QED) is 0.861. The van der Waals surface area contributed by atoms with Gasteiger partial charge in [-0.1, -0.05) is 0 Å². The number of amides is 1. The van der Waals surface area contributed by atoms with Crippen molar-refractivity contribution in [1.82, 2.24) is 10.3 Å². The first kappa shape index (κ1) is 12.0. The number of pyridine rings is 1. The Kier molecular flexibility index (Phi) is 4.50. The lowest BCUT2D eigenvalue weighted by Crippen LogP contribution is -2.28. The number of rotatable bonds is 4. The van der Waals surface area contributed by atoms with Crippen molar-refractivity contribution >= 4 is 5.91 Å². The molecule has 4 nitrogen and oxygen atoms in total. The van der Waals surface area contributed by atoms with E-state index in [1.807, 2.05) is 0 Å². The molecule has 1 aliphatic rings. The third-order valence-corrected chi connectivity index (χ3v) is 3.04. The predicted molar refractivity (Wildman–Crippen MR) is 64.7 cm³/mol. The largest absolute Gasteiger partial charge is 0.381 e. The minimum Gasteiger partial charge on any atom is -0.381 e. The van der Waals surface area contributed by atoms with Crippen molar-refractivity contribution in [2.24, 2.45) is 5.92 Å². The van der Waals surface area contributed by atoms with Crippen LogP contribution in [0.3, 0.4) is 0 Å². The van der Waals surface area contributed by atoms with Gasteiger partial charge in [0.25, 0.3) is 5.91 Å². The average molecular weight is 234 g/mol. The maximum Gasteiger partial charge on any atom is 0.251 e. The van der Waals surface area contributed by atoms with Crippen molar-refractivity contribution in [3.63, 3.8) is 0 Å². The van der Waals surface area contributed by atoms with Crippen LogP contribution in [0.4, 0.5) is 0 Å². The molecule has 1 fully saturated rings. The molecule has 0 bridgehead atoms. The smallest absolute Gasteiger partial charge is 0.251 e. The van der Waals surface area contributed by atoms with Crippen LogP contribution in [0.15, 0.2) is 24.5 Å². The van der Waals surface area contributed by atoms with Gasteiger partial charge in [-0.3, -0.25) is 9.78 Å². The molecular formula is C13H18N2O2. The Labute approximate surface area is 101 Å². The minimum atomic E-state index is -0.0240. The molecule has 1 aromatic heterocycles. The van der Waals surface area contributed by atoms with Gasteiger partial charge >= 0.3 is 0 Å². The van der Waals surface area contributed by atoms with Gasteiger partial charge in [-0.2, -0.15) is 0 Å². The summed E-state index contributed by atoms with van der Waals surface area (Å²) < 4.78 is 5.40. The molecule has 1 unspecified atom stereocenters. The molecule has 17 heavy (non-hydrogen) atoms. The number of carbonyl (C=O) groups excluding carboxylic acids is 1. The zero-order chi connectivity index (χ0) is 11.9. The lowest BCUT2D eigenvalue weighted by atomic mass is 9.99. The van der Waals surface area contributed by atoms with Crippen molar-refractivity contribution in [1.29, 1.82) is 0 Å². The summed E-state index contributed by atoms with van der Waals surface area (Å²) in [6, 6.07) is 3.44. The van der Waals surface area contributed by atoms with E-state index in [4.69, 9.17) is 4.74 Å². The maximum absolute atomic E-state index is 11.7. The molecule has 0 saturated carbocycles. The zero-order valence-electron chi connectivity index (χ0n) is 9.89. The second-order valence-electron chi connectivity index (χ2n) is 4.36. The van der Waals surface area contributed by atoms with Crippen molar-refractivity contribution in [2.45, 2.75) is 19.3 Å². The number of hydrogen-bond donors (Lipinski definition) is 1. The standard InChI is InChI=1S/C13H18N2O2/c16-13(12-4-6-14-7-5-12)15-8-3-11-2-1-9-17-10-11/h4-7,11H,1-3,8-10H2,(H,15,16). The first-order valence-corrected chi connectivity index (χ1v) is 6.12. The monoisotopic (exact) mass is 234 g/mol. The molecule has 0 spiro atoms. The molecule has 1 aromatic rings. The van der Waals surface area contributed by atoms with Crippen LogP contribution < -0.4 is 5.32 Å². The van der Waals surface area contributed by atoms with E-state index in [-0.39, 0.29) is 5.91 Å². The van der Waals surface area contributed by atoms with Gasteiger partial charge in [-0.15, -0.1) is 0 Å². The van der Waals surface area contributed by atoms with E-state index < -0.39 is 0 Å². The molecule has 1 atom stereocenters. The Bertz CT molecular complexity index is 348. The van der Waals surface area contributed by atoms with Crippen LogP contribution in [-0.2, 0) is 4.74 Å². The number of ether oxygens (including phenoxy) is 1. The van der Waals surface area contributed by atoms with Crippen molar-refractivity contribution in [3.8, 4) is 0 Å². The first-order valence-electron chi connectivity index (χ1n) is 6.12. The number of nitrogens with zero attached hydrogens (tertiary/aromatic N) is 1. The highest BCUT2D eigenvalue weighted by Gasteiger charge is 2.13. The highest BCUT2D eigenvalue weighted by molar-refractivity contribution is 5.93. The molecular weight excluding hydrogens is 216 g/mol. The van der Waals surface area contributed by atoms with E-state index in [0.717, 1.165) is 32.6 Å². The summed E-state index contributed by atoms with van der Waals surface area (Å²) in [7, 11) is 0. The number of aromatic nitrogens is 1. The van der Waals surface area contributed by atoms with E-state index >= 15 is 0 Å². The van der Waals surface area contributed by atoms with E-state index in [9.17, 15) is 4.79 Å². The summed E-state index contributed by atoms with van der Waals surface area (Å²) in [4.78, 5) is 15.6. The van der Waals surface area contributed by atoms with Crippen LogP contribution >= 0.6 is 0 Å². The summed E-state index contributed by atoms with van der Waals surface area (Å²) in [5, 5.41) is 2.92. The number of hydrogen-bond acceptors (Lipinski definition) is 3. The van der Waals surface area contributed by atoms with Gasteiger partial charge in [0.1, 0.15) is 0 Å². The Morgan fingerprint density at radius 2 is 2.29 bits per heavy atom. The van der Waals surface area contributed by atoms with E-state index in [2.05, 4.69) is 10.3 Å². The molecule has 92 valence electrons. The van der Waals surface area contributed by atoms with Crippen LogP contribution in [-0.4, -0.2) is 30.6 Å². The Morgan fingerprint density at radius 1 is 1.47 bits per heavy atom. The fourth-order valence-corrected chi connectivity index (χ4v) is 2.03. The van der Waals surface area contributed by atoms with Gasteiger partial charge in [0.15, 0.2) is 0 Å². The topological polar surface area (TPSA) is 51.2 Å².